The summed E-state index contributed by atoms with van der Waals surface area (Å²) < 4.78 is 0. The highest BCUT2D eigenvalue weighted by atomic mass is 16.2. The molecule has 31 heavy (non-hydrogen) atoms. The number of urea groups is 1. The van der Waals surface area contributed by atoms with Crippen molar-refractivity contribution < 1.29 is 4.79 Å². The highest BCUT2D eigenvalue weighted by molar-refractivity contribution is 5.95. The number of para-hydroxylation sites is 1. The quantitative estimate of drug-likeness (QED) is 0.764. The summed E-state index contributed by atoms with van der Waals surface area (Å²) in [4.78, 5) is 30.1. The van der Waals surface area contributed by atoms with E-state index in [2.05, 4.69) is 38.0 Å². The van der Waals surface area contributed by atoms with Crippen molar-refractivity contribution in [1.82, 2.24) is 19.8 Å². The molecule has 0 N–H and O–H groups in total. The molecule has 4 heterocycles. The number of hydrogen-bond donors (Lipinski definition) is 0. The second-order valence-electron chi connectivity index (χ2n) is 9.53. The third-order valence-corrected chi connectivity index (χ3v) is 7.33. The molecule has 1 aromatic heterocycles. The third kappa shape index (κ3) is 3.76. The summed E-state index contributed by atoms with van der Waals surface area (Å²) >= 11 is 0. The number of benzene rings is 1. The first-order valence-electron chi connectivity index (χ1n) is 11.4. The summed E-state index contributed by atoms with van der Waals surface area (Å²) in [6.07, 6.45) is 8.81. The lowest BCUT2D eigenvalue weighted by Crippen LogP contribution is -2.48. The lowest BCUT2D eigenvalue weighted by Gasteiger charge is -2.40. The van der Waals surface area contributed by atoms with Gasteiger partial charge in [-0.2, -0.15) is 0 Å². The van der Waals surface area contributed by atoms with Gasteiger partial charge in [-0.3, -0.25) is 9.88 Å². The second-order valence-corrected chi connectivity index (χ2v) is 9.53. The van der Waals surface area contributed by atoms with E-state index in [1.54, 1.807) is 17.3 Å². The van der Waals surface area contributed by atoms with Crippen LogP contribution in [-0.4, -0.2) is 79.2 Å². The van der Waals surface area contributed by atoms with Crippen molar-refractivity contribution in [2.75, 3.05) is 63.2 Å². The van der Waals surface area contributed by atoms with Gasteiger partial charge in [-0.1, -0.05) is 18.2 Å². The van der Waals surface area contributed by atoms with E-state index in [1.807, 2.05) is 31.3 Å². The number of aromatic nitrogens is 2. The van der Waals surface area contributed by atoms with E-state index in [4.69, 9.17) is 0 Å². The summed E-state index contributed by atoms with van der Waals surface area (Å²) in [6, 6.07) is 8.60. The van der Waals surface area contributed by atoms with E-state index in [9.17, 15) is 4.79 Å². The number of likely N-dealkylation sites (tertiary alicyclic amines) is 1. The van der Waals surface area contributed by atoms with Crippen molar-refractivity contribution >= 4 is 17.5 Å². The Kier molecular flexibility index (Phi) is 5.30. The number of fused-ring (bicyclic) bond motifs is 2. The fraction of sp³-hybridized carbons (Fsp3) is 0.542. The van der Waals surface area contributed by atoms with Gasteiger partial charge in [0.1, 0.15) is 5.82 Å². The zero-order valence-corrected chi connectivity index (χ0v) is 18.6. The Labute approximate surface area is 184 Å². The number of carbonyl (C=O) groups excluding carboxylic acids is 1. The summed E-state index contributed by atoms with van der Waals surface area (Å²) in [5, 5.41) is 0. The number of rotatable bonds is 3. The Morgan fingerprint density at radius 1 is 1.16 bits per heavy atom. The highest BCUT2D eigenvalue weighted by Gasteiger charge is 2.46. The van der Waals surface area contributed by atoms with Crippen molar-refractivity contribution in [3.63, 3.8) is 0 Å². The molecular formula is C24H32N6O. The summed E-state index contributed by atoms with van der Waals surface area (Å²) in [6.45, 7) is 6.28. The van der Waals surface area contributed by atoms with Crippen molar-refractivity contribution in [2.45, 2.75) is 24.7 Å². The zero-order chi connectivity index (χ0) is 21.4. The van der Waals surface area contributed by atoms with Crippen LogP contribution in [0, 0.1) is 5.92 Å². The van der Waals surface area contributed by atoms with E-state index < -0.39 is 0 Å². The third-order valence-electron chi connectivity index (χ3n) is 7.33. The molecule has 3 aliphatic rings. The van der Waals surface area contributed by atoms with E-state index in [-0.39, 0.29) is 11.4 Å². The van der Waals surface area contributed by atoms with Gasteiger partial charge in [0.15, 0.2) is 0 Å². The molecule has 0 unspecified atom stereocenters. The summed E-state index contributed by atoms with van der Waals surface area (Å²) in [7, 11) is 3.68. The monoisotopic (exact) mass is 420 g/mol. The molecule has 164 valence electrons. The fourth-order valence-electron chi connectivity index (χ4n) is 5.64. The van der Waals surface area contributed by atoms with Crippen LogP contribution in [0.1, 0.15) is 24.8 Å². The average Bonchev–Trinajstić information content (AvgIpc) is 3.39. The van der Waals surface area contributed by atoms with Gasteiger partial charge in [0.25, 0.3) is 0 Å². The first-order valence-corrected chi connectivity index (χ1v) is 11.4. The number of amides is 2. The first-order chi connectivity index (χ1) is 15.1. The molecule has 5 rings (SSSR count). The first kappa shape index (κ1) is 20.2. The molecule has 2 fully saturated rings. The normalized spacial score (nSPS) is 22.7. The Morgan fingerprint density at radius 3 is 2.71 bits per heavy atom. The van der Waals surface area contributed by atoms with E-state index in [0.29, 0.717) is 5.92 Å². The van der Waals surface area contributed by atoms with Gasteiger partial charge >= 0.3 is 6.03 Å². The molecule has 0 saturated carbocycles. The van der Waals surface area contributed by atoms with Gasteiger partial charge in [-0.05, 0) is 49.9 Å². The maximum Gasteiger partial charge on any atom is 0.323 e. The van der Waals surface area contributed by atoms with Gasteiger partial charge in [0, 0.05) is 63.8 Å². The molecule has 0 bridgehead atoms. The van der Waals surface area contributed by atoms with Crippen LogP contribution in [0.2, 0.25) is 0 Å². The molecule has 1 atom stereocenters. The molecule has 0 aliphatic carbocycles. The fourth-order valence-corrected chi connectivity index (χ4v) is 5.64. The van der Waals surface area contributed by atoms with Gasteiger partial charge in [0.2, 0.25) is 0 Å². The molecule has 1 spiro atoms. The molecule has 7 nitrogen and oxygen atoms in total. The zero-order valence-electron chi connectivity index (χ0n) is 18.6. The number of carbonyl (C=O) groups is 1. The minimum atomic E-state index is 0.0850. The van der Waals surface area contributed by atoms with Crippen LogP contribution in [0.25, 0.3) is 0 Å². The van der Waals surface area contributed by atoms with Gasteiger partial charge in [-0.15, -0.1) is 0 Å². The van der Waals surface area contributed by atoms with Gasteiger partial charge in [0.05, 0.1) is 6.20 Å². The van der Waals surface area contributed by atoms with Crippen LogP contribution in [0.4, 0.5) is 16.3 Å². The molecule has 1 aromatic carbocycles. The van der Waals surface area contributed by atoms with Gasteiger partial charge in [-0.25, -0.2) is 9.78 Å². The maximum atomic E-state index is 12.8. The molecule has 2 amide bonds. The Morgan fingerprint density at radius 2 is 1.97 bits per heavy atom. The van der Waals surface area contributed by atoms with Crippen LogP contribution >= 0.6 is 0 Å². The van der Waals surface area contributed by atoms with E-state index >= 15 is 0 Å². The van der Waals surface area contributed by atoms with E-state index in [1.165, 1.54) is 12.0 Å². The van der Waals surface area contributed by atoms with Crippen LogP contribution in [0.15, 0.2) is 42.9 Å². The molecule has 2 aromatic rings. The summed E-state index contributed by atoms with van der Waals surface area (Å²) in [5.41, 5.74) is 2.56. The van der Waals surface area contributed by atoms with Crippen LogP contribution in [0.3, 0.4) is 0 Å². The topological polar surface area (TPSA) is 55.8 Å². The lowest BCUT2D eigenvalue weighted by molar-refractivity contribution is 0.148. The predicted octanol–water partition coefficient (Wildman–Crippen LogP) is 2.84. The van der Waals surface area contributed by atoms with Crippen molar-refractivity contribution in [3.05, 3.63) is 48.4 Å². The smallest absolute Gasteiger partial charge is 0.323 e. The Hall–Kier alpha value is -2.67. The van der Waals surface area contributed by atoms with Gasteiger partial charge < -0.3 is 14.7 Å². The molecule has 2 saturated heterocycles. The van der Waals surface area contributed by atoms with Crippen molar-refractivity contribution in [2.24, 2.45) is 5.92 Å². The van der Waals surface area contributed by atoms with Crippen molar-refractivity contribution in [1.29, 1.82) is 0 Å². The molecule has 7 heteroatoms. The second kappa shape index (κ2) is 8.11. The van der Waals surface area contributed by atoms with Crippen molar-refractivity contribution in [3.8, 4) is 0 Å². The number of anilines is 2. The Bertz CT molecular complexity index is 925. The lowest BCUT2D eigenvalue weighted by atomic mass is 9.74. The van der Waals surface area contributed by atoms with E-state index in [0.717, 1.165) is 63.6 Å². The minimum absolute atomic E-state index is 0.0850. The molecule has 3 aliphatic heterocycles. The Balaban J connectivity index is 1.22. The number of hydrogen-bond acceptors (Lipinski definition) is 5. The SMILES string of the molecule is CN(C)C(=O)N1CC2(CCN(C[C@@H]3CCN(c4cnccn4)C3)CC2)c2ccccc21. The average molecular weight is 421 g/mol. The van der Waals surface area contributed by atoms with Crippen LogP contribution in [-0.2, 0) is 5.41 Å². The molecule has 0 radical (unpaired) electrons. The number of nitrogens with zero attached hydrogens (tertiary/aromatic N) is 6. The largest absolute Gasteiger partial charge is 0.355 e. The maximum absolute atomic E-state index is 12.8. The van der Waals surface area contributed by atoms with Crippen LogP contribution in [0.5, 0.6) is 0 Å². The predicted molar refractivity (Wildman–Crippen MR) is 123 cm³/mol. The minimum Gasteiger partial charge on any atom is -0.355 e. The standard InChI is InChI=1S/C24H32N6O/c1-27(2)23(31)30-18-24(20-5-3-4-6-21(20)30)8-13-28(14-9-24)16-19-7-12-29(17-19)22-15-25-10-11-26-22/h3-6,10-11,15,19H,7-9,12-14,16-18H2,1-2H3/t19-/m0/s1. The molecular weight excluding hydrogens is 388 g/mol. The van der Waals surface area contributed by atoms with Crippen LogP contribution < -0.4 is 9.80 Å². The highest BCUT2D eigenvalue weighted by Crippen LogP contribution is 2.47. The number of piperidine rings is 1. The summed E-state index contributed by atoms with van der Waals surface area (Å²) in [5.74, 6) is 1.68.